The molecule has 2 aromatic rings. The summed E-state index contributed by atoms with van der Waals surface area (Å²) >= 11 is 0. The number of benzene rings is 2. The van der Waals surface area contributed by atoms with E-state index in [2.05, 4.69) is 19.1 Å². The van der Waals surface area contributed by atoms with Gasteiger partial charge in [-0.1, -0.05) is 43.7 Å². The van der Waals surface area contributed by atoms with E-state index in [1.807, 2.05) is 12.1 Å². The number of rotatable bonds is 6. The van der Waals surface area contributed by atoms with Crippen molar-refractivity contribution in [2.75, 3.05) is 6.61 Å². The van der Waals surface area contributed by atoms with Crippen LogP contribution in [0, 0.1) is 5.82 Å². The third-order valence-electron chi connectivity index (χ3n) is 3.17. The maximum absolute atomic E-state index is 13.0. The van der Waals surface area contributed by atoms with Crippen molar-refractivity contribution >= 4 is 0 Å². The van der Waals surface area contributed by atoms with E-state index in [1.165, 1.54) is 17.7 Å². The summed E-state index contributed by atoms with van der Waals surface area (Å²) in [5, 5.41) is 0. The number of nitrogens with two attached hydrogens (primary N) is 1. The topological polar surface area (TPSA) is 35.2 Å². The summed E-state index contributed by atoms with van der Waals surface area (Å²) in [5.74, 6) is 0.197. The van der Waals surface area contributed by atoms with Crippen LogP contribution in [0.1, 0.15) is 30.5 Å². The Morgan fingerprint density at radius 1 is 1.15 bits per heavy atom. The van der Waals surface area contributed by atoms with Crippen LogP contribution >= 0.6 is 0 Å². The summed E-state index contributed by atoms with van der Waals surface area (Å²) in [4.78, 5) is 0. The van der Waals surface area contributed by atoms with E-state index in [1.54, 1.807) is 12.1 Å². The van der Waals surface area contributed by atoms with Gasteiger partial charge in [-0.25, -0.2) is 4.39 Å². The van der Waals surface area contributed by atoms with Crippen molar-refractivity contribution in [3.05, 3.63) is 65.5 Å². The Morgan fingerprint density at radius 2 is 1.90 bits per heavy atom. The van der Waals surface area contributed by atoms with Gasteiger partial charge in [-0.05, 0) is 29.7 Å². The number of hydrogen-bond acceptors (Lipinski definition) is 2. The van der Waals surface area contributed by atoms with Crippen LogP contribution in [-0.4, -0.2) is 6.61 Å². The van der Waals surface area contributed by atoms with Crippen molar-refractivity contribution in [1.82, 2.24) is 0 Å². The van der Waals surface area contributed by atoms with Crippen molar-refractivity contribution in [1.29, 1.82) is 0 Å². The predicted molar refractivity (Wildman–Crippen MR) is 79.3 cm³/mol. The molecule has 0 heterocycles. The molecule has 2 rings (SSSR count). The largest absolute Gasteiger partial charge is 0.492 e. The molecule has 106 valence electrons. The quantitative estimate of drug-likeness (QED) is 0.867. The van der Waals surface area contributed by atoms with Gasteiger partial charge in [0.2, 0.25) is 0 Å². The van der Waals surface area contributed by atoms with Gasteiger partial charge >= 0.3 is 0 Å². The Bertz CT molecular complexity index is 539. The van der Waals surface area contributed by atoms with Crippen LogP contribution in [0.2, 0.25) is 0 Å². The fourth-order valence-electron chi connectivity index (χ4n) is 2.06. The fourth-order valence-corrected chi connectivity index (χ4v) is 2.06. The standard InChI is InChI=1S/C17H20FNO/c1-2-4-13-7-9-14(10-8-13)17(19)12-20-16-6-3-5-15(18)11-16/h3,5-11,17H,2,4,12,19H2,1H3. The second-order valence-electron chi connectivity index (χ2n) is 4.87. The number of ether oxygens (including phenoxy) is 1. The monoisotopic (exact) mass is 273 g/mol. The zero-order valence-corrected chi connectivity index (χ0v) is 11.7. The molecule has 0 bridgehead atoms. The molecule has 0 radical (unpaired) electrons. The van der Waals surface area contributed by atoms with Crippen LogP contribution in [0.25, 0.3) is 0 Å². The highest BCUT2D eigenvalue weighted by Crippen LogP contribution is 2.16. The minimum Gasteiger partial charge on any atom is -0.492 e. The predicted octanol–water partition coefficient (Wildman–Crippen LogP) is 3.86. The molecular formula is C17H20FNO. The first-order chi connectivity index (χ1) is 9.69. The van der Waals surface area contributed by atoms with Crippen LogP contribution in [0.5, 0.6) is 5.75 Å². The highest BCUT2D eigenvalue weighted by atomic mass is 19.1. The van der Waals surface area contributed by atoms with E-state index in [4.69, 9.17) is 10.5 Å². The molecule has 0 fully saturated rings. The summed E-state index contributed by atoms with van der Waals surface area (Å²) in [6.45, 7) is 2.49. The maximum Gasteiger partial charge on any atom is 0.126 e. The molecule has 3 heteroatoms. The van der Waals surface area contributed by atoms with Gasteiger partial charge in [-0.3, -0.25) is 0 Å². The first-order valence-corrected chi connectivity index (χ1v) is 6.92. The average molecular weight is 273 g/mol. The zero-order chi connectivity index (χ0) is 14.4. The molecule has 0 aliphatic carbocycles. The van der Waals surface area contributed by atoms with Crippen LogP contribution < -0.4 is 10.5 Å². The van der Waals surface area contributed by atoms with Crippen molar-refractivity contribution in [2.45, 2.75) is 25.8 Å². The molecule has 0 aliphatic heterocycles. The number of hydrogen-bond donors (Lipinski definition) is 1. The molecule has 2 aromatic carbocycles. The van der Waals surface area contributed by atoms with Gasteiger partial charge in [0.15, 0.2) is 0 Å². The van der Waals surface area contributed by atoms with E-state index < -0.39 is 0 Å². The van der Waals surface area contributed by atoms with E-state index >= 15 is 0 Å². The highest BCUT2D eigenvalue weighted by Gasteiger charge is 2.07. The second-order valence-corrected chi connectivity index (χ2v) is 4.87. The van der Waals surface area contributed by atoms with Gasteiger partial charge in [-0.15, -0.1) is 0 Å². The summed E-state index contributed by atoms with van der Waals surface area (Å²) in [5.41, 5.74) is 8.43. The molecule has 20 heavy (non-hydrogen) atoms. The normalized spacial score (nSPS) is 12.2. The Morgan fingerprint density at radius 3 is 2.55 bits per heavy atom. The van der Waals surface area contributed by atoms with Crippen LogP contribution in [0.4, 0.5) is 4.39 Å². The van der Waals surface area contributed by atoms with Crippen molar-refractivity contribution < 1.29 is 9.13 Å². The fraction of sp³-hybridized carbons (Fsp3) is 0.294. The summed E-state index contributed by atoms with van der Waals surface area (Å²) in [7, 11) is 0. The lowest BCUT2D eigenvalue weighted by Crippen LogP contribution is -2.19. The average Bonchev–Trinajstić information content (AvgIpc) is 2.46. The van der Waals surface area contributed by atoms with Crippen LogP contribution in [0.3, 0.4) is 0 Å². The Kier molecular flexibility index (Phi) is 5.13. The number of halogens is 1. The molecule has 1 unspecified atom stereocenters. The lowest BCUT2D eigenvalue weighted by molar-refractivity contribution is 0.289. The Hall–Kier alpha value is -1.87. The minimum atomic E-state index is -0.306. The molecule has 0 spiro atoms. The third-order valence-corrected chi connectivity index (χ3v) is 3.17. The maximum atomic E-state index is 13.0. The Labute approximate surface area is 119 Å². The van der Waals surface area contributed by atoms with Gasteiger partial charge in [0, 0.05) is 6.07 Å². The molecule has 1 atom stereocenters. The molecule has 0 aliphatic rings. The summed E-state index contributed by atoms with van der Waals surface area (Å²) < 4.78 is 18.5. The first kappa shape index (κ1) is 14.5. The van der Waals surface area contributed by atoms with Crippen LogP contribution in [0.15, 0.2) is 48.5 Å². The van der Waals surface area contributed by atoms with Crippen LogP contribution in [-0.2, 0) is 6.42 Å². The van der Waals surface area contributed by atoms with E-state index in [9.17, 15) is 4.39 Å². The summed E-state index contributed by atoms with van der Waals surface area (Å²) in [6.07, 6.45) is 2.21. The number of aryl methyl sites for hydroxylation is 1. The minimum absolute atomic E-state index is 0.214. The molecule has 0 aromatic heterocycles. The Balaban J connectivity index is 1.92. The summed E-state index contributed by atoms with van der Waals surface area (Å²) in [6, 6.07) is 14.1. The molecule has 0 saturated carbocycles. The van der Waals surface area contributed by atoms with Crippen molar-refractivity contribution in [2.24, 2.45) is 5.73 Å². The van der Waals surface area contributed by atoms with Gasteiger partial charge in [0.05, 0.1) is 6.04 Å². The SMILES string of the molecule is CCCc1ccc(C(N)COc2cccc(F)c2)cc1. The molecule has 0 saturated heterocycles. The molecule has 2 N–H and O–H groups in total. The zero-order valence-electron chi connectivity index (χ0n) is 11.7. The highest BCUT2D eigenvalue weighted by molar-refractivity contribution is 5.26. The first-order valence-electron chi connectivity index (χ1n) is 6.92. The lowest BCUT2D eigenvalue weighted by Gasteiger charge is -2.14. The van der Waals surface area contributed by atoms with E-state index in [0.717, 1.165) is 18.4 Å². The van der Waals surface area contributed by atoms with Gasteiger partial charge < -0.3 is 10.5 Å². The van der Waals surface area contributed by atoms with Gasteiger partial charge in [0.1, 0.15) is 18.2 Å². The molecule has 0 amide bonds. The van der Waals surface area contributed by atoms with Gasteiger partial charge in [-0.2, -0.15) is 0 Å². The van der Waals surface area contributed by atoms with Crippen molar-refractivity contribution in [3.63, 3.8) is 0 Å². The van der Waals surface area contributed by atoms with E-state index in [0.29, 0.717) is 12.4 Å². The molecule has 2 nitrogen and oxygen atoms in total. The molecular weight excluding hydrogens is 253 g/mol. The third kappa shape index (κ3) is 4.07. The smallest absolute Gasteiger partial charge is 0.126 e. The van der Waals surface area contributed by atoms with Crippen molar-refractivity contribution in [3.8, 4) is 5.75 Å². The van der Waals surface area contributed by atoms with Gasteiger partial charge in [0.25, 0.3) is 0 Å². The second kappa shape index (κ2) is 7.06. The van der Waals surface area contributed by atoms with E-state index in [-0.39, 0.29) is 11.9 Å². The lowest BCUT2D eigenvalue weighted by atomic mass is 10.0.